The second-order valence-corrected chi connectivity index (χ2v) is 4.22. The molecule has 0 unspecified atom stereocenters. The summed E-state index contributed by atoms with van der Waals surface area (Å²) in [6.45, 7) is 0. The van der Waals surface area contributed by atoms with E-state index < -0.39 is 29.6 Å². The van der Waals surface area contributed by atoms with Crippen molar-refractivity contribution in [1.82, 2.24) is 10.3 Å². The molecule has 1 aromatic rings. The fourth-order valence-corrected chi connectivity index (χ4v) is 1.55. The zero-order chi connectivity index (χ0) is 15.3. The lowest BCUT2D eigenvalue weighted by atomic mass is 10.1. The Labute approximate surface area is 117 Å². The summed E-state index contributed by atoms with van der Waals surface area (Å²) >= 11 is 5.62. The van der Waals surface area contributed by atoms with E-state index in [9.17, 15) is 18.8 Å². The van der Waals surface area contributed by atoms with Gasteiger partial charge >= 0.3 is 5.97 Å². The second kappa shape index (κ2) is 6.80. The maximum absolute atomic E-state index is 13.0. The van der Waals surface area contributed by atoms with Crippen molar-refractivity contribution < 1.29 is 23.9 Å². The summed E-state index contributed by atoms with van der Waals surface area (Å²) in [5.41, 5.74) is 4.61. The number of amides is 2. The molecule has 0 spiro atoms. The van der Waals surface area contributed by atoms with Gasteiger partial charge in [0.2, 0.25) is 5.91 Å². The summed E-state index contributed by atoms with van der Waals surface area (Å²) in [6.07, 6.45) is 0.421. The van der Waals surface area contributed by atoms with Gasteiger partial charge in [-0.1, -0.05) is 11.6 Å². The van der Waals surface area contributed by atoms with Crippen molar-refractivity contribution in [1.29, 1.82) is 0 Å². The molecule has 7 nitrogen and oxygen atoms in total. The molecule has 1 aromatic heterocycles. The average molecular weight is 304 g/mol. The lowest BCUT2D eigenvalue weighted by molar-refractivity contribution is -0.139. The van der Waals surface area contributed by atoms with Gasteiger partial charge in [0.05, 0.1) is 11.8 Å². The van der Waals surface area contributed by atoms with Crippen LogP contribution in [-0.2, 0) is 9.59 Å². The number of carboxylic acids is 1. The zero-order valence-corrected chi connectivity index (χ0v) is 10.9. The van der Waals surface area contributed by atoms with Crippen LogP contribution in [-0.4, -0.2) is 33.9 Å². The number of carbonyl (C=O) groups excluding carboxylic acids is 2. The van der Waals surface area contributed by atoms with Gasteiger partial charge in [-0.05, 0) is 12.5 Å². The largest absolute Gasteiger partial charge is 0.480 e. The summed E-state index contributed by atoms with van der Waals surface area (Å²) in [5, 5.41) is 10.8. The van der Waals surface area contributed by atoms with Gasteiger partial charge < -0.3 is 16.2 Å². The topological polar surface area (TPSA) is 122 Å². The number of rotatable bonds is 6. The van der Waals surface area contributed by atoms with Gasteiger partial charge in [0, 0.05) is 6.42 Å². The van der Waals surface area contributed by atoms with Gasteiger partial charge in [-0.3, -0.25) is 9.59 Å². The maximum atomic E-state index is 13.0. The summed E-state index contributed by atoms with van der Waals surface area (Å²) in [6, 6.07) is -0.508. The highest BCUT2D eigenvalue weighted by Crippen LogP contribution is 2.14. The number of halogens is 2. The third-order valence-electron chi connectivity index (χ3n) is 2.33. The van der Waals surface area contributed by atoms with Crippen LogP contribution in [0.4, 0.5) is 4.39 Å². The highest BCUT2D eigenvalue weighted by molar-refractivity contribution is 6.32. The molecular weight excluding hydrogens is 293 g/mol. The molecule has 20 heavy (non-hydrogen) atoms. The quantitative estimate of drug-likeness (QED) is 0.653. The Balaban J connectivity index is 2.82. The molecule has 0 radical (unpaired) electrons. The van der Waals surface area contributed by atoms with Crippen molar-refractivity contribution >= 4 is 29.4 Å². The van der Waals surface area contributed by atoms with E-state index in [1.807, 2.05) is 0 Å². The molecule has 1 atom stereocenters. The second-order valence-electron chi connectivity index (χ2n) is 3.86. The van der Waals surface area contributed by atoms with Crippen LogP contribution < -0.4 is 11.1 Å². The van der Waals surface area contributed by atoms with Crippen molar-refractivity contribution in [3.05, 3.63) is 28.8 Å². The highest BCUT2D eigenvalue weighted by atomic mass is 35.5. The number of carboxylic acid groups (broad SMARTS) is 1. The van der Waals surface area contributed by atoms with Crippen molar-refractivity contribution in [3.63, 3.8) is 0 Å². The molecule has 0 saturated carbocycles. The molecule has 9 heteroatoms. The van der Waals surface area contributed by atoms with E-state index in [4.69, 9.17) is 22.4 Å². The predicted molar refractivity (Wildman–Crippen MR) is 66.5 cm³/mol. The number of primary amides is 1. The van der Waals surface area contributed by atoms with Crippen molar-refractivity contribution in [2.75, 3.05) is 0 Å². The molecule has 0 bridgehead atoms. The molecule has 0 saturated heterocycles. The Kier molecular flexibility index (Phi) is 5.39. The lowest BCUT2D eigenvalue weighted by Gasteiger charge is -2.14. The van der Waals surface area contributed by atoms with Gasteiger partial charge in [0.1, 0.15) is 17.0 Å². The summed E-state index contributed by atoms with van der Waals surface area (Å²) in [7, 11) is 0. The first-order valence-electron chi connectivity index (χ1n) is 5.44. The number of hydrogen-bond donors (Lipinski definition) is 3. The minimum absolute atomic E-state index is 0.184. The molecule has 2 amide bonds. The summed E-state index contributed by atoms with van der Waals surface area (Å²) in [4.78, 5) is 36.8. The van der Waals surface area contributed by atoms with Crippen LogP contribution in [0.1, 0.15) is 23.2 Å². The van der Waals surface area contributed by atoms with Crippen LogP contribution in [0.25, 0.3) is 0 Å². The zero-order valence-electron chi connectivity index (χ0n) is 10.1. The Morgan fingerprint density at radius 2 is 2.15 bits per heavy atom. The molecule has 4 N–H and O–H groups in total. The minimum atomic E-state index is -1.35. The van der Waals surface area contributed by atoms with Crippen LogP contribution in [0.15, 0.2) is 12.3 Å². The summed E-state index contributed by atoms with van der Waals surface area (Å²) < 4.78 is 13.0. The molecule has 0 aliphatic rings. The Bertz CT molecular complexity index is 552. The van der Waals surface area contributed by atoms with Gasteiger partial charge in [0.25, 0.3) is 5.91 Å². The van der Waals surface area contributed by atoms with E-state index in [1.54, 1.807) is 0 Å². The first kappa shape index (κ1) is 15.8. The van der Waals surface area contributed by atoms with E-state index in [0.29, 0.717) is 0 Å². The smallest absolute Gasteiger partial charge is 0.326 e. The van der Waals surface area contributed by atoms with E-state index in [-0.39, 0.29) is 23.6 Å². The number of nitrogens with zero attached hydrogens (tertiary/aromatic N) is 1. The molecular formula is C11H11ClFN3O4. The Morgan fingerprint density at radius 1 is 1.50 bits per heavy atom. The monoisotopic (exact) mass is 303 g/mol. The van der Waals surface area contributed by atoms with Crippen molar-refractivity contribution in [3.8, 4) is 0 Å². The highest BCUT2D eigenvalue weighted by Gasteiger charge is 2.23. The van der Waals surface area contributed by atoms with Crippen LogP contribution >= 0.6 is 11.6 Å². The third-order valence-corrected chi connectivity index (χ3v) is 2.63. The normalized spacial score (nSPS) is 11.7. The van der Waals surface area contributed by atoms with E-state index in [2.05, 4.69) is 10.3 Å². The number of hydrogen-bond acceptors (Lipinski definition) is 4. The van der Waals surface area contributed by atoms with Crippen LogP contribution in [0.5, 0.6) is 0 Å². The van der Waals surface area contributed by atoms with Crippen molar-refractivity contribution in [2.24, 2.45) is 5.73 Å². The molecule has 108 valence electrons. The molecule has 0 aliphatic heterocycles. The van der Waals surface area contributed by atoms with E-state index in [0.717, 1.165) is 12.3 Å². The molecule has 1 heterocycles. The number of nitrogens with two attached hydrogens (primary N) is 1. The number of aliphatic carboxylic acids is 1. The Morgan fingerprint density at radius 3 is 2.70 bits per heavy atom. The predicted octanol–water partition coefficient (Wildman–Crippen LogP) is 0.323. The first-order chi connectivity index (χ1) is 9.31. The standard InChI is InChI=1S/C11H11ClFN3O4/c12-9-6(3-5(13)4-15-9)10(18)16-7(11(19)20)1-2-8(14)17/h3-4,7H,1-2H2,(H2,14,17)(H,16,18)(H,19,20)/t7-/m1/s1. The fraction of sp³-hybridized carbons (Fsp3) is 0.273. The first-order valence-corrected chi connectivity index (χ1v) is 5.82. The molecule has 0 aromatic carbocycles. The van der Waals surface area contributed by atoms with Crippen LogP contribution in [0.2, 0.25) is 5.15 Å². The molecule has 0 aliphatic carbocycles. The molecule has 0 fully saturated rings. The van der Waals surface area contributed by atoms with Gasteiger partial charge in [-0.15, -0.1) is 0 Å². The maximum Gasteiger partial charge on any atom is 0.326 e. The van der Waals surface area contributed by atoms with Crippen molar-refractivity contribution in [2.45, 2.75) is 18.9 Å². The summed E-state index contributed by atoms with van der Waals surface area (Å²) in [5.74, 6) is -3.74. The van der Waals surface area contributed by atoms with Crippen LogP contribution in [0.3, 0.4) is 0 Å². The Hall–Kier alpha value is -2.22. The number of nitrogens with one attached hydrogen (secondary N) is 1. The van der Waals surface area contributed by atoms with E-state index in [1.165, 1.54) is 0 Å². The lowest BCUT2D eigenvalue weighted by Crippen LogP contribution is -2.41. The SMILES string of the molecule is NC(=O)CC[C@@H](NC(=O)c1cc(F)cnc1Cl)C(=O)O. The number of carbonyl (C=O) groups is 3. The average Bonchev–Trinajstić information content (AvgIpc) is 2.36. The fourth-order valence-electron chi connectivity index (χ4n) is 1.36. The minimum Gasteiger partial charge on any atom is -0.480 e. The van der Waals surface area contributed by atoms with E-state index >= 15 is 0 Å². The third kappa shape index (κ3) is 4.47. The van der Waals surface area contributed by atoms with Crippen LogP contribution in [0, 0.1) is 5.82 Å². The van der Waals surface area contributed by atoms with Gasteiger partial charge in [-0.2, -0.15) is 0 Å². The van der Waals surface area contributed by atoms with Gasteiger partial charge in [0.15, 0.2) is 0 Å². The molecule has 1 rings (SSSR count). The number of aromatic nitrogens is 1. The van der Waals surface area contributed by atoms with Gasteiger partial charge in [-0.25, -0.2) is 14.2 Å². The number of pyridine rings is 1.